The molecule has 132 valence electrons. The van der Waals surface area contributed by atoms with Crippen molar-refractivity contribution in [2.24, 2.45) is 13.0 Å². The molecular formula is C20H26N4O. The average molecular weight is 338 g/mol. The van der Waals surface area contributed by atoms with Crippen molar-refractivity contribution in [2.75, 3.05) is 26.2 Å². The summed E-state index contributed by atoms with van der Waals surface area (Å²) in [5.41, 5.74) is 3.89. The fourth-order valence-corrected chi connectivity index (χ4v) is 4.41. The zero-order valence-electron chi connectivity index (χ0n) is 15.0. The summed E-state index contributed by atoms with van der Waals surface area (Å²) < 4.78 is 1.82. The molecule has 5 heteroatoms. The van der Waals surface area contributed by atoms with Crippen molar-refractivity contribution >= 4 is 5.91 Å². The first-order chi connectivity index (χ1) is 12.1. The number of likely N-dealkylation sites (tertiary alicyclic amines) is 1. The van der Waals surface area contributed by atoms with Gasteiger partial charge in [0.15, 0.2) is 0 Å². The molecule has 2 aliphatic heterocycles. The monoisotopic (exact) mass is 338 g/mol. The van der Waals surface area contributed by atoms with Crippen LogP contribution in [0, 0.1) is 12.8 Å². The lowest BCUT2D eigenvalue weighted by atomic mass is 9.89. The number of rotatable bonds is 3. The number of aryl methyl sites for hydroxylation is 2. The van der Waals surface area contributed by atoms with E-state index in [1.54, 1.807) is 0 Å². The maximum Gasteiger partial charge on any atom is 0.227 e. The smallest absolute Gasteiger partial charge is 0.227 e. The predicted molar refractivity (Wildman–Crippen MR) is 97.4 cm³/mol. The molecular weight excluding hydrogens is 312 g/mol. The van der Waals surface area contributed by atoms with Gasteiger partial charge in [0.25, 0.3) is 0 Å². The molecule has 1 unspecified atom stereocenters. The van der Waals surface area contributed by atoms with Crippen LogP contribution in [0.1, 0.15) is 34.9 Å². The molecule has 3 heterocycles. The quantitative estimate of drug-likeness (QED) is 0.932. The second kappa shape index (κ2) is 6.64. The van der Waals surface area contributed by atoms with Crippen LogP contribution in [0.3, 0.4) is 0 Å². The van der Waals surface area contributed by atoms with E-state index < -0.39 is 0 Å². The van der Waals surface area contributed by atoms with Gasteiger partial charge in [0.2, 0.25) is 5.91 Å². The molecule has 1 aromatic heterocycles. The van der Waals surface area contributed by atoms with E-state index in [-0.39, 0.29) is 11.8 Å². The fraction of sp³-hybridized carbons (Fsp3) is 0.500. The molecule has 25 heavy (non-hydrogen) atoms. The largest absolute Gasteiger partial charge is 0.342 e. The number of carbonyl (C=O) groups is 1. The summed E-state index contributed by atoms with van der Waals surface area (Å²) >= 11 is 0. The predicted octanol–water partition coefficient (Wildman–Crippen LogP) is 2.05. The van der Waals surface area contributed by atoms with E-state index in [2.05, 4.69) is 46.5 Å². The van der Waals surface area contributed by atoms with Crippen molar-refractivity contribution in [3.63, 3.8) is 0 Å². The maximum absolute atomic E-state index is 13.2. The second-order valence-corrected chi connectivity index (χ2v) is 7.45. The highest BCUT2D eigenvalue weighted by atomic mass is 16.2. The van der Waals surface area contributed by atoms with Crippen molar-refractivity contribution in [1.82, 2.24) is 20.0 Å². The molecule has 0 bridgehead atoms. The van der Waals surface area contributed by atoms with Crippen LogP contribution >= 0.6 is 0 Å². The van der Waals surface area contributed by atoms with Gasteiger partial charge in [-0.2, -0.15) is 5.10 Å². The van der Waals surface area contributed by atoms with Gasteiger partial charge in [-0.05, 0) is 30.0 Å². The molecule has 1 aromatic carbocycles. The van der Waals surface area contributed by atoms with Gasteiger partial charge < -0.3 is 10.2 Å². The Morgan fingerprint density at radius 3 is 2.88 bits per heavy atom. The van der Waals surface area contributed by atoms with Gasteiger partial charge in [-0.1, -0.05) is 24.3 Å². The summed E-state index contributed by atoms with van der Waals surface area (Å²) in [6.45, 7) is 5.51. The Morgan fingerprint density at radius 2 is 2.12 bits per heavy atom. The number of aromatic nitrogens is 2. The normalized spacial score (nSPS) is 26.3. The molecule has 0 saturated carbocycles. The summed E-state index contributed by atoms with van der Waals surface area (Å²) in [6, 6.07) is 8.56. The van der Waals surface area contributed by atoms with Crippen LogP contribution in [0.25, 0.3) is 0 Å². The third kappa shape index (κ3) is 3.09. The SMILES string of the molecule is Cc1ccccc1C1CCN(C(=O)[C@H]2CNC[C@@H]2c2cnn(C)c2)C1. The standard InChI is InChI=1S/C20H26N4O/c1-14-5-3-4-6-17(14)15-7-8-24(13-15)20(25)19-11-21-10-18(19)16-9-22-23(2)12-16/h3-6,9,12,15,18-19,21H,7-8,10-11,13H2,1-2H3/t15?,18-,19+/m1/s1. The summed E-state index contributed by atoms with van der Waals surface area (Å²) in [7, 11) is 1.93. The highest BCUT2D eigenvalue weighted by molar-refractivity contribution is 5.81. The second-order valence-electron chi connectivity index (χ2n) is 7.45. The summed E-state index contributed by atoms with van der Waals surface area (Å²) in [5, 5.41) is 7.68. The van der Waals surface area contributed by atoms with Gasteiger partial charge in [-0.15, -0.1) is 0 Å². The van der Waals surface area contributed by atoms with E-state index >= 15 is 0 Å². The minimum atomic E-state index is 0.0276. The Hall–Kier alpha value is -2.14. The van der Waals surface area contributed by atoms with Crippen LogP contribution < -0.4 is 5.32 Å². The van der Waals surface area contributed by atoms with Crippen LogP contribution in [0.5, 0.6) is 0 Å². The van der Waals surface area contributed by atoms with Crippen LogP contribution in [0.4, 0.5) is 0 Å². The van der Waals surface area contributed by atoms with Crippen molar-refractivity contribution < 1.29 is 4.79 Å². The Bertz CT molecular complexity index is 769. The van der Waals surface area contributed by atoms with Crippen molar-refractivity contribution in [3.05, 3.63) is 53.3 Å². The molecule has 0 spiro atoms. The zero-order chi connectivity index (χ0) is 17.4. The van der Waals surface area contributed by atoms with E-state index in [1.807, 2.05) is 24.1 Å². The van der Waals surface area contributed by atoms with Gasteiger partial charge in [0.05, 0.1) is 12.1 Å². The molecule has 0 radical (unpaired) electrons. The lowest BCUT2D eigenvalue weighted by Gasteiger charge is -2.24. The van der Waals surface area contributed by atoms with E-state index in [1.165, 1.54) is 16.7 Å². The first-order valence-corrected chi connectivity index (χ1v) is 9.17. The molecule has 1 amide bonds. The number of hydrogen-bond donors (Lipinski definition) is 1. The van der Waals surface area contributed by atoms with Gasteiger partial charge in [-0.25, -0.2) is 0 Å². The number of benzene rings is 1. The third-order valence-electron chi connectivity index (χ3n) is 5.81. The number of amides is 1. The Kier molecular flexibility index (Phi) is 4.34. The van der Waals surface area contributed by atoms with Crippen LogP contribution in [0.2, 0.25) is 0 Å². The van der Waals surface area contributed by atoms with Gasteiger partial charge >= 0.3 is 0 Å². The Labute approximate surface area is 149 Å². The summed E-state index contributed by atoms with van der Waals surface area (Å²) in [6.07, 6.45) is 5.00. The molecule has 1 N–H and O–H groups in total. The number of nitrogens with one attached hydrogen (secondary N) is 1. The molecule has 2 aromatic rings. The fourth-order valence-electron chi connectivity index (χ4n) is 4.41. The third-order valence-corrected chi connectivity index (χ3v) is 5.81. The number of hydrogen-bond acceptors (Lipinski definition) is 3. The van der Waals surface area contributed by atoms with Gasteiger partial charge in [0, 0.05) is 51.3 Å². The highest BCUT2D eigenvalue weighted by Gasteiger charge is 2.39. The topological polar surface area (TPSA) is 50.2 Å². The van der Waals surface area contributed by atoms with Crippen molar-refractivity contribution in [3.8, 4) is 0 Å². The number of carbonyl (C=O) groups excluding carboxylic acids is 1. The van der Waals surface area contributed by atoms with E-state index in [0.29, 0.717) is 11.8 Å². The average Bonchev–Trinajstić information content (AvgIpc) is 3.34. The van der Waals surface area contributed by atoms with Crippen LogP contribution in [-0.2, 0) is 11.8 Å². The summed E-state index contributed by atoms with van der Waals surface area (Å²) in [5.74, 6) is 1.03. The minimum absolute atomic E-state index is 0.0276. The lowest BCUT2D eigenvalue weighted by molar-refractivity contribution is -0.134. The summed E-state index contributed by atoms with van der Waals surface area (Å²) in [4.78, 5) is 15.2. The Balaban J connectivity index is 1.47. The van der Waals surface area contributed by atoms with Crippen molar-refractivity contribution in [2.45, 2.75) is 25.2 Å². The molecule has 4 rings (SSSR count). The van der Waals surface area contributed by atoms with Gasteiger partial charge in [-0.3, -0.25) is 9.48 Å². The lowest BCUT2D eigenvalue weighted by Crippen LogP contribution is -2.37. The van der Waals surface area contributed by atoms with Crippen molar-refractivity contribution in [1.29, 1.82) is 0 Å². The molecule has 2 saturated heterocycles. The first-order valence-electron chi connectivity index (χ1n) is 9.17. The first kappa shape index (κ1) is 16.3. The highest BCUT2D eigenvalue weighted by Crippen LogP contribution is 2.34. The molecule has 5 nitrogen and oxygen atoms in total. The van der Waals surface area contributed by atoms with Gasteiger partial charge in [0.1, 0.15) is 0 Å². The van der Waals surface area contributed by atoms with Crippen LogP contribution in [0.15, 0.2) is 36.7 Å². The molecule has 3 atom stereocenters. The molecule has 2 fully saturated rings. The van der Waals surface area contributed by atoms with E-state index in [9.17, 15) is 4.79 Å². The molecule has 0 aliphatic carbocycles. The minimum Gasteiger partial charge on any atom is -0.342 e. The number of nitrogens with zero attached hydrogens (tertiary/aromatic N) is 3. The zero-order valence-corrected chi connectivity index (χ0v) is 15.0. The Morgan fingerprint density at radius 1 is 1.28 bits per heavy atom. The molecule has 2 aliphatic rings. The van der Waals surface area contributed by atoms with E-state index in [0.717, 1.165) is 32.6 Å². The van der Waals surface area contributed by atoms with E-state index in [4.69, 9.17) is 0 Å². The van der Waals surface area contributed by atoms with Crippen LogP contribution in [-0.4, -0.2) is 46.8 Å². The maximum atomic E-state index is 13.2.